The van der Waals surface area contributed by atoms with Gasteiger partial charge in [0.25, 0.3) is 0 Å². The molecule has 2 amide bonds. The third-order valence-electron chi connectivity index (χ3n) is 3.66. The standard InChI is InChI=1S/C16H22FN3O3/c17-12-3-1-2-11(8-12)9-15(21)19-6-7-20-16(22)14-5-4-13(10-18)23-14/h1-3,8,13-14H,4-7,9-10,18H2,(H,19,21)(H,20,22)/t13-,14+/m1/s1. The van der Waals surface area contributed by atoms with Gasteiger partial charge in [0.1, 0.15) is 11.9 Å². The fourth-order valence-electron chi connectivity index (χ4n) is 2.47. The van der Waals surface area contributed by atoms with Crippen molar-refractivity contribution in [1.82, 2.24) is 10.6 Å². The van der Waals surface area contributed by atoms with Crippen LogP contribution in [0.5, 0.6) is 0 Å². The van der Waals surface area contributed by atoms with Gasteiger partial charge in [-0.15, -0.1) is 0 Å². The first-order valence-corrected chi connectivity index (χ1v) is 7.73. The quantitative estimate of drug-likeness (QED) is 0.621. The second-order valence-electron chi connectivity index (χ2n) is 5.51. The lowest BCUT2D eigenvalue weighted by atomic mass is 10.1. The fraction of sp³-hybridized carbons (Fsp3) is 0.500. The van der Waals surface area contributed by atoms with Gasteiger partial charge in [0, 0.05) is 19.6 Å². The van der Waals surface area contributed by atoms with E-state index in [4.69, 9.17) is 10.5 Å². The molecule has 1 aromatic rings. The molecule has 126 valence electrons. The number of benzene rings is 1. The highest BCUT2D eigenvalue weighted by molar-refractivity contribution is 5.81. The van der Waals surface area contributed by atoms with Crippen molar-refractivity contribution in [3.05, 3.63) is 35.6 Å². The van der Waals surface area contributed by atoms with Crippen LogP contribution in [0.1, 0.15) is 18.4 Å². The minimum atomic E-state index is -0.452. The summed E-state index contributed by atoms with van der Waals surface area (Å²) in [4.78, 5) is 23.6. The Morgan fingerprint density at radius 3 is 2.74 bits per heavy atom. The van der Waals surface area contributed by atoms with E-state index >= 15 is 0 Å². The highest BCUT2D eigenvalue weighted by Crippen LogP contribution is 2.18. The number of nitrogens with one attached hydrogen (secondary N) is 2. The van der Waals surface area contributed by atoms with Crippen LogP contribution in [0, 0.1) is 5.82 Å². The molecular formula is C16H22FN3O3. The summed E-state index contributed by atoms with van der Waals surface area (Å²) < 4.78 is 18.5. The highest BCUT2D eigenvalue weighted by Gasteiger charge is 2.29. The van der Waals surface area contributed by atoms with Gasteiger partial charge in [-0.3, -0.25) is 9.59 Å². The van der Waals surface area contributed by atoms with Crippen molar-refractivity contribution in [3.63, 3.8) is 0 Å². The van der Waals surface area contributed by atoms with E-state index < -0.39 is 6.10 Å². The zero-order valence-corrected chi connectivity index (χ0v) is 12.9. The zero-order valence-electron chi connectivity index (χ0n) is 12.9. The minimum absolute atomic E-state index is 0.0447. The van der Waals surface area contributed by atoms with E-state index in [1.165, 1.54) is 12.1 Å². The van der Waals surface area contributed by atoms with Crippen molar-refractivity contribution >= 4 is 11.8 Å². The van der Waals surface area contributed by atoms with E-state index in [2.05, 4.69) is 10.6 Å². The van der Waals surface area contributed by atoms with Crippen LogP contribution in [0.4, 0.5) is 4.39 Å². The number of carbonyl (C=O) groups is 2. The number of carbonyl (C=O) groups excluding carboxylic acids is 2. The van der Waals surface area contributed by atoms with Crippen LogP contribution in [0.25, 0.3) is 0 Å². The molecule has 0 radical (unpaired) electrons. The molecule has 0 bridgehead atoms. The summed E-state index contributed by atoms with van der Waals surface area (Å²) in [6.45, 7) is 1.05. The molecule has 7 heteroatoms. The lowest BCUT2D eigenvalue weighted by Gasteiger charge is -2.13. The second-order valence-corrected chi connectivity index (χ2v) is 5.51. The molecule has 1 aliphatic rings. The Hall–Kier alpha value is -1.99. The summed E-state index contributed by atoms with van der Waals surface area (Å²) in [6.07, 6.45) is 1.07. The predicted molar refractivity (Wildman–Crippen MR) is 83.1 cm³/mol. The van der Waals surface area contributed by atoms with Gasteiger partial charge in [0.15, 0.2) is 0 Å². The third kappa shape index (κ3) is 5.61. The van der Waals surface area contributed by atoms with Crippen LogP contribution in [0.2, 0.25) is 0 Å². The molecule has 2 atom stereocenters. The maximum Gasteiger partial charge on any atom is 0.249 e. The van der Waals surface area contributed by atoms with Gasteiger partial charge >= 0.3 is 0 Å². The van der Waals surface area contributed by atoms with Gasteiger partial charge in [-0.25, -0.2) is 4.39 Å². The molecule has 6 nitrogen and oxygen atoms in total. The Morgan fingerprint density at radius 2 is 2.04 bits per heavy atom. The number of hydrogen-bond donors (Lipinski definition) is 3. The monoisotopic (exact) mass is 323 g/mol. The van der Waals surface area contributed by atoms with Crippen LogP contribution in [0.15, 0.2) is 24.3 Å². The van der Waals surface area contributed by atoms with Crippen molar-refractivity contribution in [3.8, 4) is 0 Å². The predicted octanol–water partition coefficient (Wildman–Crippen LogP) is 0.107. The largest absolute Gasteiger partial charge is 0.364 e. The molecule has 0 unspecified atom stereocenters. The topological polar surface area (TPSA) is 93.5 Å². The molecule has 1 aromatic carbocycles. The normalized spacial score (nSPS) is 20.3. The van der Waals surface area contributed by atoms with Gasteiger partial charge in [0.2, 0.25) is 11.8 Å². The minimum Gasteiger partial charge on any atom is -0.364 e. The maximum atomic E-state index is 13.0. The number of nitrogens with two attached hydrogens (primary N) is 1. The van der Waals surface area contributed by atoms with Crippen LogP contribution < -0.4 is 16.4 Å². The first-order chi connectivity index (χ1) is 11.1. The molecule has 0 saturated carbocycles. The van der Waals surface area contributed by atoms with Crippen LogP contribution in [-0.4, -0.2) is 43.7 Å². The SMILES string of the molecule is NC[C@H]1CC[C@@H](C(=O)NCCNC(=O)Cc2cccc(F)c2)O1. The number of halogens is 1. The smallest absolute Gasteiger partial charge is 0.249 e. The van der Waals surface area contributed by atoms with Crippen LogP contribution in [-0.2, 0) is 20.7 Å². The molecule has 0 spiro atoms. The summed E-state index contributed by atoms with van der Waals surface area (Å²) in [5.74, 6) is -0.764. The van der Waals surface area contributed by atoms with E-state index in [0.29, 0.717) is 31.6 Å². The molecule has 1 heterocycles. The van der Waals surface area contributed by atoms with E-state index in [1.807, 2.05) is 0 Å². The van der Waals surface area contributed by atoms with Crippen molar-refractivity contribution in [2.45, 2.75) is 31.5 Å². The molecular weight excluding hydrogens is 301 g/mol. The van der Waals surface area contributed by atoms with E-state index in [9.17, 15) is 14.0 Å². The van der Waals surface area contributed by atoms with Crippen molar-refractivity contribution in [2.24, 2.45) is 5.73 Å². The van der Waals surface area contributed by atoms with Crippen molar-refractivity contribution < 1.29 is 18.7 Å². The van der Waals surface area contributed by atoms with Gasteiger partial charge < -0.3 is 21.1 Å². The second kappa shape index (κ2) is 8.59. The third-order valence-corrected chi connectivity index (χ3v) is 3.66. The molecule has 2 rings (SSSR count). The Labute approximate surface area is 134 Å². The number of hydrogen-bond acceptors (Lipinski definition) is 4. The van der Waals surface area contributed by atoms with Gasteiger partial charge in [-0.1, -0.05) is 12.1 Å². The summed E-state index contributed by atoms with van der Waals surface area (Å²) >= 11 is 0. The van der Waals surface area contributed by atoms with Gasteiger partial charge in [0.05, 0.1) is 12.5 Å². The Morgan fingerprint density at radius 1 is 1.26 bits per heavy atom. The Bertz CT molecular complexity index is 553. The fourth-order valence-corrected chi connectivity index (χ4v) is 2.47. The number of amides is 2. The number of ether oxygens (including phenoxy) is 1. The first-order valence-electron chi connectivity index (χ1n) is 7.73. The molecule has 0 aliphatic carbocycles. The van der Waals surface area contributed by atoms with E-state index in [-0.39, 0.29) is 30.2 Å². The first kappa shape index (κ1) is 17.4. The molecule has 1 saturated heterocycles. The Kier molecular flexibility index (Phi) is 6.49. The highest BCUT2D eigenvalue weighted by atomic mass is 19.1. The lowest BCUT2D eigenvalue weighted by Crippen LogP contribution is -2.40. The maximum absolute atomic E-state index is 13.0. The molecule has 1 aliphatic heterocycles. The average molecular weight is 323 g/mol. The summed E-state index contributed by atoms with van der Waals surface area (Å²) in [5.41, 5.74) is 6.11. The van der Waals surface area contributed by atoms with Crippen molar-refractivity contribution in [1.29, 1.82) is 0 Å². The average Bonchev–Trinajstić information content (AvgIpc) is 3.00. The molecule has 1 fully saturated rings. The Balaban J connectivity index is 1.61. The zero-order chi connectivity index (χ0) is 16.7. The summed E-state index contributed by atoms with van der Waals surface area (Å²) in [7, 11) is 0. The van der Waals surface area contributed by atoms with Gasteiger partial charge in [-0.2, -0.15) is 0 Å². The van der Waals surface area contributed by atoms with E-state index in [1.54, 1.807) is 12.1 Å². The number of rotatable bonds is 7. The lowest BCUT2D eigenvalue weighted by molar-refractivity contribution is -0.132. The van der Waals surface area contributed by atoms with Crippen LogP contribution in [0.3, 0.4) is 0 Å². The summed E-state index contributed by atoms with van der Waals surface area (Å²) in [5, 5.41) is 5.40. The van der Waals surface area contributed by atoms with Gasteiger partial charge in [-0.05, 0) is 30.5 Å². The summed E-state index contributed by atoms with van der Waals surface area (Å²) in [6, 6.07) is 5.91. The molecule has 23 heavy (non-hydrogen) atoms. The molecule has 0 aromatic heterocycles. The van der Waals surface area contributed by atoms with Crippen LogP contribution >= 0.6 is 0 Å². The molecule has 4 N–H and O–H groups in total. The van der Waals surface area contributed by atoms with E-state index in [0.717, 1.165) is 6.42 Å². The van der Waals surface area contributed by atoms with Crippen molar-refractivity contribution in [2.75, 3.05) is 19.6 Å².